The Morgan fingerprint density at radius 1 is 0.415 bits per heavy atom. The van der Waals surface area contributed by atoms with Gasteiger partial charge in [0.1, 0.15) is 34.1 Å². The molecule has 0 aromatic rings. The van der Waals surface area contributed by atoms with Crippen molar-refractivity contribution < 1.29 is 137 Å². The van der Waals surface area contributed by atoms with Crippen LogP contribution in [0.15, 0.2) is 12.3 Å². The van der Waals surface area contributed by atoms with Crippen LogP contribution < -0.4 is 0 Å². The van der Waals surface area contributed by atoms with Gasteiger partial charge in [0.25, 0.3) is 0 Å². The second-order valence-electron chi connectivity index (χ2n) is 30.3. The molecule has 0 aliphatic carbocycles. The van der Waals surface area contributed by atoms with Gasteiger partial charge in [-0.2, -0.15) is 12.6 Å². The Kier molecular flexibility index (Phi) is 119. The van der Waals surface area contributed by atoms with Crippen LogP contribution in [-0.4, -0.2) is 508 Å². The average Bonchev–Trinajstić information content (AvgIpc) is 0.887. The summed E-state index contributed by atoms with van der Waals surface area (Å²) < 4.78 is 102. The predicted molar refractivity (Wildman–Crippen MR) is 554 cm³/mol. The van der Waals surface area contributed by atoms with Crippen LogP contribution in [0.5, 0.6) is 0 Å². The zero-order chi connectivity index (χ0) is 105. The van der Waals surface area contributed by atoms with Gasteiger partial charge in [-0.3, -0.25) is 47.9 Å². The van der Waals surface area contributed by atoms with Crippen LogP contribution in [0.2, 0.25) is 0 Å². The number of amides is 10. The number of aliphatic hydroxyl groups excluding tert-OH is 2. The monoisotopic (exact) mass is 2430 g/mol. The van der Waals surface area contributed by atoms with E-state index in [4.69, 9.17) is 112 Å². The summed E-state index contributed by atoms with van der Waals surface area (Å²) in [5, 5.41) is 17.4. The van der Waals surface area contributed by atoms with E-state index in [9.17, 15) is 47.9 Å². The maximum atomic E-state index is 12.1. The molecule has 0 spiro atoms. The first-order valence-corrected chi connectivity index (χ1v) is 66.1. The fraction of sp³-hybridized carbons (Fsp3) is 0.857. The van der Waals surface area contributed by atoms with E-state index < -0.39 is 43.2 Å². The molecule has 3 saturated heterocycles. The Bertz CT molecular complexity index is 2840. The first-order valence-electron chi connectivity index (χ1n) is 44.6. The van der Waals surface area contributed by atoms with Gasteiger partial charge in [-0.1, -0.05) is 45.4 Å². The van der Waals surface area contributed by atoms with Gasteiger partial charge in [-0.05, 0) is 155 Å². The van der Waals surface area contributed by atoms with Crippen LogP contribution >= 0.6 is 112 Å². The Hall–Kier alpha value is -0.860. The maximum absolute atomic E-state index is 12.1. The SMILES string of the molecule is BrP(Br)Br.C1=COCCC1.CCCOCCC(C(=O)N(C)C)C(=O)N(C)C.CN(C)C(=O)C(CCOCCBr)C(=O)N(C)C.CN(C)C(=O)C(CCOCCO)C(=O)N(C)C.CN(C)C(=O)C(CCOCCOC1CCCCO1)C(=O)N(C)C.CN(C)C(=O)CC(=O)N(C)C.ClCCOCCOC1CCCCO1.ICCOCCOC1CCCCO1.O=S=S(=O)=O.OCCOCCCl.[Na][Na]. The van der Waals surface area contributed by atoms with Crippen molar-refractivity contribution in [2.24, 2.45) is 23.7 Å². The molecule has 790 valence electrons. The number of carbonyl (C=O) groups is 10. The number of rotatable bonds is 48. The number of alkyl halides is 4. The zero-order valence-corrected chi connectivity index (χ0v) is 101. The van der Waals surface area contributed by atoms with Crippen LogP contribution in [0.25, 0.3) is 0 Å². The third-order valence-corrected chi connectivity index (χ3v) is 18.5. The number of halogens is 7. The molecule has 39 nitrogen and oxygen atoms in total. The minimum atomic E-state index is -2.46. The standard InChI is InChI=1S/C16H30N2O5.C12H24N2O3.C11H21BrN2O3.C11H22N2O4.C9H17ClO3.C9H17IO3.C7H14N2O2.C5H8O.C4H9ClO2.Br3P.2Na.O3S2/c1-17(2)15(19)13(16(20)18(3)4)8-10-21-11-12-23-14-7-5-6-9-22-14;1-6-8-17-9-7-10(11(15)13(2)3)12(16)14(4)5;1-13(2)10(15)9(11(16)14(3)4)5-7-17-8-6-12;1-12(2)10(15)9(11(16)13(3)4)5-7-17-8-6-14;2*10-4-6-11-7-8-13-9-3-1-2-5-12-9;1-8(2)6(10)5-7(11)9(3)4;1-2-4-6-5-3-1;5-1-3-7-4-2-6;1-4(2)3;;;1-4-5(2)3/h13-14H,5-12H2,1-4H3;10H,6-9H2,1-5H3;9H,5-8H2,1-4H3;9,14H,5-8H2,1-4H3;2*9H,1-8H2;5H2,1-4H3;2,4H,1,3,5H2;6H,1-4H2;;;;. The number of nitrogens with zero attached hydrogens (tertiary/aromatic N) is 10. The quantitative estimate of drug-likeness (QED) is 0.0148. The van der Waals surface area contributed by atoms with Crippen LogP contribution in [0, 0.1) is 23.7 Å². The van der Waals surface area contributed by atoms with Gasteiger partial charge in [-0.25, -0.2) is 0 Å². The molecule has 51 heteroatoms. The summed E-state index contributed by atoms with van der Waals surface area (Å²) in [5.41, 5.74) is 0. The molecule has 3 atom stereocenters. The van der Waals surface area contributed by atoms with E-state index >= 15 is 0 Å². The molecule has 10 amide bonds. The fourth-order valence-electron chi connectivity index (χ4n) is 10.1. The first-order chi connectivity index (χ1) is 63.9. The Morgan fingerprint density at radius 3 is 0.867 bits per heavy atom. The summed E-state index contributed by atoms with van der Waals surface area (Å²) in [6, 6.07) is 0. The first kappa shape index (κ1) is 149. The van der Waals surface area contributed by atoms with Crippen molar-refractivity contribution >= 4 is 234 Å². The Balaban J connectivity index is -0.000000224. The van der Waals surface area contributed by atoms with Crippen LogP contribution in [0.3, 0.4) is 0 Å². The number of hydrogen-bond donors (Lipinski definition) is 2. The van der Waals surface area contributed by atoms with E-state index in [0.717, 1.165) is 87.7 Å². The summed E-state index contributed by atoms with van der Waals surface area (Å²) in [6.07, 6.45) is 18.5. The number of carbonyl (C=O) groups excluding carboxylic acids is 10. The van der Waals surface area contributed by atoms with Crippen molar-refractivity contribution in [3.8, 4) is 0 Å². The molecular formula is C84H162Br4Cl2IN10Na2O29PS2. The molecule has 0 radical (unpaired) electrons. The Labute approximate surface area is 896 Å². The van der Waals surface area contributed by atoms with Gasteiger partial charge in [0, 0.05) is 215 Å². The average molecular weight is 2430 g/mol. The fourth-order valence-corrected chi connectivity index (χ4v) is 10.9. The Morgan fingerprint density at radius 2 is 0.674 bits per heavy atom. The van der Waals surface area contributed by atoms with E-state index in [-0.39, 0.29) is 115 Å². The second-order valence-corrected chi connectivity index (χ2v) is 50.0. The van der Waals surface area contributed by atoms with Crippen molar-refractivity contribution in [1.82, 2.24) is 49.0 Å². The molecule has 4 aliphatic rings. The summed E-state index contributed by atoms with van der Waals surface area (Å²) >= 11 is 28.6. The van der Waals surface area contributed by atoms with Crippen molar-refractivity contribution in [2.75, 3.05) is 314 Å². The van der Waals surface area contributed by atoms with Crippen LogP contribution in [0.4, 0.5) is 0 Å². The molecule has 0 aromatic carbocycles. The zero-order valence-electron chi connectivity index (χ0n) is 84.6. The van der Waals surface area contributed by atoms with E-state index in [0.29, 0.717) is 130 Å². The molecule has 2 N–H and O–H groups in total. The summed E-state index contributed by atoms with van der Waals surface area (Å²) in [6.45, 7) is 14.1. The van der Waals surface area contributed by atoms with Gasteiger partial charge in [0.2, 0.25) is 69.3 Å². The van der Waals surface area contributed by atoms with Crippen molar-refractivity contribution in [2.45, 2.75) is 135 Å². The molecule has 3 fully saturated rings. The number of aliphatic hydroxyl groups is 2. The molecule has 3 unspecified atom stereocenters. The van der Waals surface area contributed by atoms with E-state index in [1.807, 2.05) is 13.0 Å². The van der Waals surface area contributed by atoms with Gasteiger partial charge in [0.15, 0.2) is 18.9 Å². The number of ether oxygens (including phenoxy) is 14. The summed E-state index contributed by atoms with van der Waals surface area (Å²) in [5.74, 6) is -3.48. The van der Waals surface area contributed by atoms with Crippen molar-refractivity contribution in [3.05, 3.63) is 12.3 Å². The molecule has 0 saturated carbocycles. The second kappa shape index (κ2) is 107. The third-order valence-electron chi connectivity index (χ3n) is 17.0. The minimum absolute atomic E-state index is 0.00616. The van der Waals surface area contributed by atoms with Crippen molar-refractivity contribution in [3.63, 3.8) is 0 Å². The van der Waals surface area contributed by atoms with Crippen LogP contribution in [0.1, 0.15) is 116 Å². The molecule has 135 heavy (non-hydrogen) atoms. The van der Waals surface area contributed by atoms with Gasteiger partial charge in [-0.15, -0.1) is 23.2 Å². The van der Waals surface area contributed by atoms with E-state index in [1.165, 1.54) is 125 Å². The van der Waals surface area contributed by atoms with Gasteiger partial charge >= 0.3 is 52.9 Å². The third kappa shape index (κ3) is 98.9. The predicted octanol–water partition coefficient (Wildman–Crippen LogP) is 7.58. The number of hydrogen-bond acceptors (Lipinski definition) is 29. The molecule has 0 aromatic heterocycles. The normalized spacial score (nSPS) is 14.2. The summed E-state index contributed by atoms with van der Waals surface area (Å²) in [4.78, 5) is 131. The van der Waals surface area contributed by atoms with Crippen molar-refractivity contribution in [1.29, 1.82) is 0 Å². The molecule has 4 rings (SSSR count). The molecule has 0 bridgehead atoms. The van der Waals surface area contributed by atoms with Gasteiger partial charge < -0.3 is 126 Å². The van der Waals surface area contributed by atoms with Gasteiger partial charge in [0.05, 0.1) is 105 Å². The molecule has 4 aliphatic heterocycles. The van der Waals surface area contributed by atoms with E-state index in [1.54, 1.807) is 147 Å². The molecular weight excluding hydrogens is 2270 g/mol. The molecule has 4 heterocycles. The summed E-state index contributed by atoms with van der Waals surface area (Å²) in [7, 11) is 29.9. The number of allylic oxidation sites excluding steroid dienone is 1. The van der Waals surface area contributed by atoms with Crippen LogP contribution in [-0.2, 0) is 134 Å². The van der Waals surface area contributed by atoms with E-state index in [2.05, 4.69) is 85.0 Å². The topological polar surface area (TPSA) is 424 Å².